The van der Waals surface area contributed by atoms with Gasteiger partial charge in [-0.1, -0.05) is 27.2 Å². The molecule has 2 heterocycles. The van der Waals surface area contributed by atoms with Crippen LogP contribution in [0.4, 0.5) is 10.1 Å². The molecule has 1 unspecified atom stereocenters. The van der Waals surface area contributed by atoms with Crippen LogP contribution in [0.3, 0.4) is 0 Å². The normalized spacial score (nSPS) is 20.9. The number of hydrogen-bond donors (Lipinski definition) is 0. The van der Waals surface area contributed by atoms with Crippen LogP contribution in [0, 0.1) is 17.7 Å². The molecule has 0 radical (unpaired) electrons. The van der Waals surface area contributed by atoms with E-state index in [0.717, 1.165) is 38.4 Å². The lowest BCUT2D eigenvalue weighted by Crippen LogP contribution is -2.41. The van der Waals surface area contributed by atoms with Crippen molar-refractivity contribution < 1.29 is 13.2 Å². The number of nitrogens with zero attached hydrogens (tertiary/aromatic N) is 2. The van der Waals surface area contributed by atoms with Gasteiger partial charge in [-0.25, -0.2) is 4.39 Å². The molecule has 3 rings (SSSR count). The maximum Gasteiger partial charge on any atom is 0.146 e. The molecular formula is C21H34FN2O2S-. The van der Waals surface area contributed by atoms with Gasteiger partial charge >= 0.3 is 0 Å². The number of likely N-dealkylation sites (tertiary alicyclic amines) is 1. The molecule has 4 nitrogen and oxygen atoms in total. The molecule has 1 aromatic carbocycles. The first-order chi connectivity index (χ1) is 13.1. The quantitative estimate of drug-likeness (QED) is 0.690. The Morgan fingerprint density at radius 2 is 1.67 bits per heavy atom. The number of anilines is 1. The SMILES string of the molecule is CC.CCC1CCN(CC2CCN(c3cc(S(=O)[O-])ccc3F)CC2)CC1. The van der Waals surface area contributed by atoms with Crippen molar-refractivity contribution in [1.82, 2.24) is 4.90 Å². The van der Waals surface area contributed by atoms with E-state index in [9.17, 15) is 13.2 Å². The van der Waals surface area contributed by atoms with Crippen molar-refractivity contribution in [2.45, 2.75) is 57.8 Å². The first kappa shape index (κ1) is 22.3. The fraction of sp³-hybridized carbons (Fsp3) is 0.714. The van der Waals surface area contributed by atoms with Crippen LogP contribution in [-0.4, -0.2) is 46.4 Å². The van der Waals surface area contributed by atoms with E-state index in [1.165, 1.54) is 50.6 Å². The minimum absolute atomic E-state index is 0.150. The third-order valence-electron chi connectivity index (χ3n) is 5.87. The summed E-state index contributed by atoms with van der Waals surface area (Å²) in [6.45, 7) is 11.4. The molecule has 0 saturated carbocycles. The Bertz CT molecular complexity index is 598. The lowest BCUT2D eigenvalue weighted by Gasteiger charge is -2.38. The second kappa shape index (κ2) is 11.1. The summed E-state index contributed by atoms with van der Waals surface area (Å²) in [7, 11) is 0. The van der Waals surface area contributed by atoms with Crippen molar-refractivity contribution in [2.24, 2.45) is 11.8 Å². The maximum absolute atomic E-state index is 14.1. The molecule has 0 bridgehead atoms. The minimum atomic E-state index is -2.32. The number of halogens is 1. The number of hydrogen-bond acceptors (Lipinski definition) is 4. The van der Waals surface area contributed by atoms with E-state index in [0.29, 0.717) is 11.6 Å². The van der Waals surface area contributed by atoms with Crippen molar-refractivity contribution >= 4 is 16.8 Å². The summed E-state index contributed by atoms with van der Waals surface area (Å²) in [5.74, 6) is 1.23. The van der Waals surface area contributed by atoms with Gasteiger partial charge in [0.05, 0.1) is 5.69 Å². The van der Waals surface area contributed by atoms with E-state index in [1.54, 1.807) is 0 Å². The molecule has 154 valence electrons. The van der Waals surface area contributed by atoms with Crippen LogP contribution < -0.4 is 4.90 Å². The highest BCUT2D eigenvalue weighted by molar-refractivity contribution is 7.79. The lowest BCUT2D eigenvalue weighted by molar-refractivity contribution is 0.149. The monoisotopic (exact) mass is 397 g/mol. The van der Waals surface area contributed by atoms with Crippen LogP contribution in [0.1, 0.15) is 52.9 Å². The third kappa shape index (κ3) is 6.26. The Kier molecular flexibility index (Phi) is 9.19. The van der Waals surface area contributed by atoms with Gasteiger partial charge in [0.15, 0.2) is 0 Å². The first-order valence-electron chi connectivity index (χ1n) is 10.4. The molecule has 0 N–H and O–H groups in total. The molecule has 0 aromatic heterocycles. The Hall–Kier alpha value is -0.980. The second-order valence-corrected chi connectivity index (χ2v) is 8.37. The zero-order chi connectivity index (χ0) is 19.8. The van der Waals surface area contributed by atoms with Crippen LogP contribution in [0.2, 0.25) is 0 Å². The molecule has 2 aliphatic heterocycles. The summed E-state index contributed by atoms with van der Waals surface area (Å²) in [5, 5.41) is 0. The predicted molar refractivity (Wildman–Crippen MR) is 109 cm³/mol. The van der Waals surface area contributed by atoms with Crippen molar-refractivity contribution in [3.05, 3.63) is 24.0 Å². The summed E-state index contributed by atoms with van der Waals surface area (Å²) in [6, 6.07) is 4.02. The van der Waals surface area contributed by atoms with Gasteiger partial charge in [-0.3, -0.25) is 4.21 Å². The molecule has 1 aromatic rings. The zero-order valence-corrected chi connectivity index (χ0v) is 17.8. The number of piperidine rings is 2. The van der Waals surface area contributed by atoms with Gasteiger partial charge in [-0.05, 0) is 79.9 Å². The Morgan fingerprint density at radius 1 is 1.07 bits per heavy atom. The van der Waals surface area contributed by atoms with E-state index < -0.39 is 11.1 Å². The highest BCUT2D eigenvalue weighted by Crippen LogP contribution is 2.29. The third-order valence-corrected chi connectivity index (χ3v) is 6.51. The van der Waals surface area contributed by atoms with Gasteiger partial charge < -0.3 is 14.4 Å². The Balaban J connectivity index is 0.00000126. The van der Waals surface area contributed by atoms with Gasteiger partial charge in [-0.15, -0.1) is 0 Å². The molecule has 2 aliphatic rings. The topological polar surface area (TPSA) is 46.6 Å². The van der Waals surface area contributed by atoms with Crippen LogP contribution in [0.25, 0.3) is 0 Å². The van der Waals surface area contributed by atoms with Crippen LogP contribution in [-0.2, 0) is 11.1 Å². The van der Waals surface area contributed by atoms with E-state index in [-0.39, 0.29) is 10.7 Å². The van der Waals surface area contributed by atoms with E-state index in [4.69, 9.17) is 0 Å². The van der Waals surface area contributed by atoms with Gasteiger partial charge in [0.25, 0.3) is 0 Å². The fourth-order valence-electron chi connectivity index (χ4n) is 4.14. The van der Waals surface area contributed by atoms with Gasteiger partial charge in [0.1, 0.15) is 5.82 Å². The summed E-state index contributed by atoms with van der Waals surface area (Å²) in [5.41, 5.74) is 0.420. The Labute approximate surface area is 166 Å². The van der Waals surface area contributed by atoms with Crippen molar-refractivity contribution in [3.63, 3.8) is 0 Å². The van der Waals surface area contributed by atoms with E-state index in [2.05, 4.69) is 11.8 Å². The van der Waals surface area contributed by atoms with Crippen molar-refractivity contribution in [2.75, 3.05) is 37.6 Å². The van der Waals surface area contributed by atoms with Gasteiger partial charge in [0, 0.05) is 24.5 Å². The van der Waals surface area contributed by atoms with Crippen molar-refractivity contribution in [3.8, 4) is 0 Å². The fourth-order valence-corrected chi connectivity index (χ4v) is 4.52. The largest absolute Gasteiger partial charge is 0.768 e. The molecule has 27 heavy (non-hydrogen) atoms. The van der Waals surface area contributed by atoms with Crippen molar-refractivity contribution in [1.29, 1.82) is 0 Å². The van der Waals surface area contributed by atoms with E-state index in [1.807, 2.05) is 18.7 Å². The van der Waals surface area contributed by atoms with Crippen LogP contribution in [0.5, 0.6) is 0 Å². The van der Waals surface area contributed by atoms with Crippen LogP contribution >= 0.6 is 0 Å². The summed E-state index contributed by atoms with van der Waals surface area (Å²) >= 11 is -2.32. The van der Waals surface area contributed by atoms with Crippen LogP contribution in [0.15, 0.2) is 23.1 Å². The van der Waals surface area contributed by atoms with E-state index >= 15 is 0 Å². The molecule has 2 fully saturated rings. The number of benzene rings is 1. The second-order valence-electron chi connectivity index (χ2n) is 7.43. The zero-order valence-electron chi connectivity index (χ0n) is 17.0. The molecule has 0 spiro atoms. The predicted octanol–water partition coefficient (Wildman–Crippen LogP) is 4.43. The molecule has 0 aliphatic carbocycles. The molecule has 2 saturated heterocycles. The lowest BCUT2D eigenvalue weighted by atomic mass is 9.91. The smallest absolute Gasteiger partial charge is 0.146 e. The molecule has 6 heteroatoms. The average molecular weight is 398 g/mol. The molecular weight excluding hydrogens is 363 g/mol. The first-order valence-corrected chi connectivity index (χ1v) is 11.5. The number of rotatable bonds is 5. The highest BCUT2D eigenvalue weighted by atomic mass is 32.2. The summed E-state index contributed by atoms with van der Waals surface area (Å²) in [4.78, 5) is 4.73. The summed E-state index contributed by atoms with van der Waals surface area (Å²) < 4.78 is 36.3. The molecule has 0 amide bonds. The van der Waals surface area contributed by atoms with Gasteiger partial charge in [0.2, 0.25) is 0 Å². The minimum Gasteiger partial charge on any atom is -0.768 e. The Morgan fingerprint density at radius 3 is 2.22 bits per heavy atom. The summed E-state index contributed by atoms with van der Waals surface area (Å²) in [6.07, 6.45) is 6.01. The standard InChI is InChI=1S/C19H29FN2O2S.C2H6/c1-2-15-5-9-21(10-6-15)14-16-7-11-22(12-8-16)19-13-17(25(23)24)3-4-18(19)20;1-2/h3-4,13,15-16H,2,5-12,14H2,1H3,(H,23,24);1-2H3/p-1. The highest BCUT2D eigenvalue weighted by Gasteiger charge is 2.25. The average Bonchev–Trinajstić information content (AvgIpc) is 2.71. The maximum atomic E-state index is 14.1. The van der Waals surface area contributed by atoms with Gasteiger partial charge in [-0.2, -0.15) is 0 Å². The molecule has 1 atom stereocenters.